The van der Waals surface area contributed by atoms with Crippen LogP contribution in [0.1, 0.15) is 36.8 Å². The number of hydrogen-bond acceptors (Lipinski definition) is 2. The second-order valence-electron chi connectivity index (χ2n) is 8.68. The van der Waals surface area contributed by atoms with E-state index in [1.54, 1.807) is 0 Å². The van der Waals surface area contributed by atoms with Crippen LogP contribution >= 0.6 is 0 Å². The normalized spacial score (nSPS) is 22.7. The van der Waals surface area contributed by atoms with Gasteiger partial charge in [0.1, 0.15) is 0 Å². The zero-order valence-electron chi connectivity index (χ0n) is 17.0. The molecule has 30 heavy (non-hydrogen) atoms. The second-order valence-corrected chi connectivity index (χ2v) is 8.68. The van der Waals surface area contributed by atoms with E-state index < -0.39 is 0 Å². The Balaban J connectivity index is 1.34. The fraction of sp³-hybridized carbons (Fsp3) is 0.308. The number of hydrogen-bond donors (Lipinski definition) is 0. The van der Waals surface area contributed by atoms with Crippen LogP contribution in [0.3, 0.4) is 0 Å². The molecule has 2 bridgehead atoms. The van der Waals surface area contributed by atoms with E-state index in [-0.39, 0.29) is 18.1 Å². The largest absolute Gasteiger partial charge is 0.325 e. The average Bonchev–Trinajstić information content (AvgIpc) is 3.07. The molecular weight excluding hydrogens is 370 g/mol. The number of aryl methyl sites for hydroxylation is 1. The molecule has 0 aliphatic carbocycles. The highest BCUT2D eigenvalue weighted by molar-refractivity contribution is 5.96. The molecule has 2 unspecified atom stereocenters. The summed E-state index contributed by atoms with van der Waals surface area (Å²) in [6.45, 7) is 0.815. The van der Waals surface area contributed by atoms with Gasteiger partial charge in [0.2, 0.25) is 0 Å². The van der Waals surface area contributed by atoms with Crippen molar-refractivity contribution in [3.63, 3.8) is 0 Å². The Morgan fingerprint density at radius 1 is 1.00 bits per heavy atom. The summed E-state index contributed by atoms with van der Waals surface area (Å²) in [4.78, 5) is 22.3. The molecule has 4 heterocycles. The van der Waals surface area contributed by atoms with Crippen molar-refractivity contribution < 1.29 is 4.79 Å². The third-order valence-corrected chi connectivity index (χ3v) is 6.97. The van der Waals surface area contributed by atoms with Crippen LogP contribution in [0.5, 0.6) is 0 Å². The predicted octanol–water partition coefficient (Wildman–Crippen LogP) is 5.43. The average molecular weight is 396 g/mol. The maximum absolute atomic E-state index is 13.6. The number of carbonyl (C=O) groups is 1. The van der Waals surface area contributed by atoms with Gasteiger partial charge >= 0.3 is 6.03 Å². The zero-order chi connectivity index (χ0) is 20.1. The summed E-state index contributed by atoms with van der Waals surface area (Å²) in [5, 5.41) is 2.43. The standard InChI is InChI=1S/C26H25N3O/c30-26(28-13-5-8-18-6-2-4-10-25(18)28)29-21-11-12-22(29)15-20(14-21)24-17-27-16-19-7-1-3-9-23(19)24/h1-4,6-7,9-10,14,16-17,21-22H,5,8,11-13,15H2. The van der Waals surface area contributed by atoms with Gasteiger partial charge in [0.05, 0.1) is 6.04 Å². The van der Waals surface area contributed by atoms with Crippen LogP contribution in [0.4, 0.5) is 10.5 Å². The number of rotatable bonds is 1. The number of benzene rings is 2. The summed E-state index contributed by atoms with van der Waals surface area (Å²) in [7, 11) is 0. The van der Waals surface area contributed by atoms with E-state index in [2.05, 4.69) is 58.4 Å². The molecule has 4 nitrogen and oxygen atoms in total. The second kappa shape index (κ2) is 6.98. The molecule has 2 amide bonds. The molecule has 2 atom stereocenters. The number of anilines is 1. The van der Waals surface area contributed by atoms with Crippen molar-refractivity contribution >= 4 is 28.1 Å². The van der Waals surface area contributed by atoms with Crippen LogP contribution in [0, 0.1) is 0 Å². The number of urea groups is 1. The lowest BCUT2D eigenvalue weighted by Crippen LogP contribution is -2.51. The summed E-state index contributed by atoms with van der Waals surface area (Å²) < 4.78 is 0. The van der Waals surface area contributed by atoms with Crippen LogP contribution in [-0.2, 0) is 6.42 Å². The first-order chi connectivity index (χ1) is 14.8. The fourth-order valence-electron chi connectivity index (χ4n) is 5.57. The molecule has 150 valence electrons. The molecule has 4 heteroatoms. The van der Waals surface area contributed by atoms with Crippen molar-refractivity contribution in [3.05, 3.63) is 78.1 Å². The van der Waals surface area contributed by atoms with Gasteiger partial charge in [-0.3, -0.25) is 9.88 Å². The van der Waals surface area contributed by atoms with E-state index >= 15 is 0 Å². The highest BCUT2D eigenvalue weighted by Crippen LogP contribution is 2.41. The Labute approximate surface area is 176 Å². The molecule has 1 saturated heterocycles. The first-order valence-electron chi connectivity index (χ1n) is 11.0. The lowest BCUT2D eigenvalue weighted by Gasteiger charge is -2.39. The monoisotopic (exact) mass is 395 g/mol. The van der Waals surface area contributed by atoms with Gasteiger partial charge < -0.3 is 4.90 Å². The number of fused-ring (bicyclic) bond motifs is 4. The fourth-order valence-corrected chi connectivity index (χ4v) is 5.57. The van der Waals surface area contributed by atoms with Crippen LogP contribution in [0.2, 0.25) is 0 Å². The van der Waals surface area contributed by atoms with E-state index in [9.17, 15) is 4.79 Å². The SMILES string of the molecule is O=C(N1CCCc2ccccc21)N1C2C=C(c3cncc4ccccc34)CC1CC2. The van der Waals surface area contributed by atoms with Gasteiger partial charge in [-0.1, -0.05) is 48.5 Å². The maximum Gasteiger partial charge on any atom is 0.325 e. The molecule has 1 fully saturated rings. The van der Waals surface area contributed by atoms with Gasteiger partial charge in [-0.15, -0.1) is 0 Å². The van der Waals surface area contributed by atoms with E-state index in [0.717, 1.165) is 44.3 Å². The molecule has 1 aromatic heterocycles. The summed E-state index contributed by atoms with van der Waals surface area (Å²) in [5.74, 6) is 0. The molecule has 6 rings (SSSR count). The lowest BCUT2D eigenvalue weighted by molar-refractivity contribution is 0.186. The first kappa shape index (κ1) is 17.7. The van der Waals surface area contributed by atoms with E-state index in [1.807, 2.05) is 23.4 Å². The number of carbonyl (C=O) groups excluding carboxylic acids is 1. The Hall–Kier alpha value is -3.14. The smallest absolute Gasteiger partial charge is 0.315 e. The minimum atomic E-state index is 0.180. The van der Waals surface area contributed by atoms with E-state index in [0.29, 0.717) is 0 Å². The molecular formula is C26H25N3O. The molecule has 0 N–H and O–H groups in total. The number of amides is 2. The summed E-state index contributed by atoms with van der Waals surface area (Å²) >= 11 is 0. The van der Waals surface area contributed by atoms with Gasteiger partial charge in [0, 0.05) is 41.6 Å². The van der Waals surface area contributed by atoms with Gasteiger partial charge in [0.25, 0.3) is 0 Å². The third kappa shape index (κ3) is 2.74. The third-order valence-electron chi connectivity index (χ3n) is 6.97. The van der Waals surface area contributed by atoms with Crippen molar-refractivity contribution in [1.82, 2.24) is 9.88 Å². The van der Waals surface area contributed by atoms with Crippen LogP contribution in [0.15, 0.2) is 67.0 Å². The van der Waals surface area contributed by atoms with Crippen molar-refractivity contribution in [2.75, 3.05) is 11.4 Å². The minimum Gasteiger partial charge on any atom is -0.315 e. The number of aromatic nitrogens is 1. The van der Waals surface area contributed by atoms with Crippen molar-refractivity contribution in [2.45, 2.75) is 44.2 Å². The molecule has 3 aromatic rings. The number of nitrogens with zero attached hydrogens (tertiary/aromatic N) is 3. The van der Waals surface area contributed by atoms with Crippen molar-refractivity contribution in [3.8, 4) is 0 Å². The Kier molecular flexibility index (Phi) is 4.12. The molecule has 0 saturated carbocycles. The summed E-state index contributed by atoms with van der Waals surface area (Å²) in [6, 6.07) is 17.5. The van der Waals surface area contributed by atoms with Gasteiger partial charge in [-0.05, 0) is 54.7 Å². The van der Waals surface area contributed by atoms with Gasteiger partial charge in [0.15, 0.2) is 0 Å². The molecule has 2 aromatic carbocycles. The summed E-state index contributed by atoms with van der Waals surface area (Å²) in [6.07, 6.45) is 11.4. The lowest BCUT2D eigenvalue weighted by atomic mass is 9.92. The van der Waals surface area contributed by atoms with Crippen LogP contribution < -0.4 is 4.90 Å². The maximum atomic E-state index is 13.6. The molecule has 3 aliphatic rings. The van der Waals surface area contributed by atoms with Crippen LogP contribution in [0.25, 0.3) is 16.3 Å². The first-order valence-corrected chi connectivity index (χ1v) is 11.0. The molecule has 3 aliphatic heterocycles. The topological polar surface area (TPSA) is 36.4 Å². The van der Waals surface area contributed by atoms with E-state index in [4.69, 9.17) is 0 Å². The van der Waals surface area contributed by atoms with E-state index in [1.165, 1.54) is 27.5 Å². The zero-order valence-corrected chi connectivity index (χ0v) is 17.0. The van der Waals surface area contributed by atoms with Gasteiger partial charge in [-0.2, -0.15) is 0 Å². The van der Waals surface area contributed by atoms with Crippen LogP contribution in [-0.4, -0.2) is 34.5 Å². The van der Waals surface area contributed by atoms with Crippen molar-refractivity contribution in [1.29, 1.82) is 0 Å². The minimum absolute atomic E-state index is 0.180. The summed E-state index contributed by atoms with van der Waals surface area (Å²) in [5.41, 5.74) is 4.95. The molecule has 0 radical (unpaired) electrons. The Morgan fingerprint density at radius 2 is 1.87 bits per heavy atom. The van der Waals surface area contributed by atoms with Gasteiger partial charge in [-0.25, -0.2) is 4.79 Å². The highest BCUT2D eigenvalue weighted by atomic mass is 16.2. The predicted molar refractivity (Wildman–Crippen MR) is 120 cm³/mol. The van der Waals surface area contributed by atoms with Crippen molar-refractivity contribution in [2.24, 2.45) is 0 Å². The number of pyridine rings is 1. The quantitative estimate of drug-likeness (QED) is 0.551. The molecule has 0 spiro atoms. The Morgan fingerprint density at radius 3 is 2.80 bits per heavy atom. The Bertz CT molecular complexity index is 1160. The number of para-hydroxylation sites is 1. The highest BCUT2D eigenvalue weighted by Gasteiger charge is 2.42.